The molecular weight excluding hydrogens is 356 g/mol. The molecule has 0 saturated carbocycles. The van der Waals surface area contributed by atoms with Crippen molar-refractivity contribution >= 4 is 6.29 Å². The van der Waals surface area contributed by atoms with Crippen LogP contribution in [0.15, 0.2) is 24.3 Å². The van der Waals surface area contributed by atoms with Gasteiger partial charge in [-0.1, -0.05) is 26.0 Å². The van der Waals surface area contributed by atoms with Crippen LogP contribution in [0.5, 0.6) is 5.75 Å². The molecule has 1 aromatic carbocycles. The lowest BCUT2D eigenvalue weighted by molar-refractivity contribution is 0.00275. The van der Waals surface area contributed by atoms with E-state index in [9.17, 15) is 4.79 Å². The van der Waals surface area contributed by atoms with E-state index in [4.69, 9.17) is 35.7 Å². The van der Waals surface area contributed by atoms with Crippen molar-refractivity contribution in [2.45, 2.75) is 26.7 Å². The number of hydrogen-bond acceptors (Lipinski definition) is 8. The van der Waals surface area contributed by atoms with E-state index in [1.54, 1.807) is 12.1 Å². The number of aromatic hydroxyl groups is 1. The van der Waals surface area contributed by atoms with E-state index >= 15 is 0 Å². The summed E-state index contributed by atoms with van der Waals surface area (Å²) in [5.41, 5.74) is -0.838. The summed E-state index contributed by atoms with van der Waals surface area (Å²) in [6.45, 7) is 2.71. The van der Waals surface area contributed by atoms with Gasteiger partial charge in [0.2, 0.25) is 0 Å². The molecule has 0 spiro atoms. The standard InChI is InChI=1S/C7H6O2.2C6H14O3/c8-5-6-2-1-3-7(9)4-6;2*1-2-6(3-7,4-8)5-9/h1-5,9H;2*7-9H,2-5H2,1H3. The summed E-state index contributed by atoms with van der Waals surface area (Å²) in [7, 11) is 0. The van der Waals surface area contributed by atoms with Crippen molar-refractivity contribution in [1.82, 2.24) is 0 Å². The molecule has 8 nitrogen and oxygen atoms in total. The van der Waals surface area contributed by atoms with E-state index < -0.39 is 10.8 Å². The lowest BCUT2D eigenvalue weighted by atomic mass is 9.88. The number of phenolic OH excluding ortho intramolecular Hbond substituents is 1. The molecule has 0 amide bonds. The molecule has 0 saturated heterocycles. The number of benzene rings is 1. The first kappa shape index (κ1) is 27.7. The Balaban J connectivity index is 0. The van der Waals surface area contributed by atoms with Crippen LogP contribution in [0.3, 0.4) is 0 Å². The number of aliphatic hydroxyl groups is 6. The Hall–Kier alpha value is -1.55. The van der Waals surface area contributed by atoms with E-state index in [1.807, 2.05) is 13.8 Å². The van der Waals surface area contributed by atoms with Crippen LogP contribution in [0.25, 0.3) is 0 Å². The molecule has 0 aromatic heterocycles. The molecule has 0 heterocycles. The van der Waals surface area contributed by atoms with Gasteiger partial charge in [0, 0.05) is 16.4 Å². The zero-order valence-corrected chi connectivity index (χ0v) is 16.1. The molecule has 0 aliphatic rings. The third-order valence-corrected chi connectivity index (χ3v) is 4.52. The molecule has 7 N–H and O–H groups in total. The second-order valence-corrected chi connectivity index (χ2v) is 6.37. The Bertz CT molecular complexity index is 429. The largest absolute Gasteiger partial charge is 0.508 e. The van der Waals surface area contributed by atoms with Gasteiger partial charge < -0.3 is 35.7 Å². The molecule has 8 heteroatoms. The van der Waals surface area contributed by atoms with Gasteiger partial charge in [-0.2, -0.15) is 0 Å². The predicted molar refractivity (Wildman–Crippen MR) is 101 cm³/mol. The lowest BCUT2D eigenvalue weighted by Gasteiger charge is -2.24. The molecule has 1 aromatic rings. The molecule has 0 radical (unpaired) electrons. The predicted octanol–water partition coefficient (Wildman–Crippen LogP) is -0.0759. The summed E-state index contributed by atoms with van der Waals surface area (Å²) >= 11 is 0. The molecule has 0 aliphatic carbocycles. The second kappa shape index (κ2) is 15.5. The summed E-state index contributed by atoms with van der Waals surface area (Å²) in [6.07, 6.45) is 1.88. The SMILES string of the molecule is CCC(CO)(CO)CO.CCC(CO)(CO)CO.O=Cc1cccc(O)c1. The molecular formula is C19H34O8. The van der Waals surface area contributed by atoms with E-state index in [0.717, 1.165) is 0 Å². The van der Waals surface area contributed by atoms with Crippen LogP contribution >= 0.6 is 0 Å². The van der Waals surface area contributed by atoms with Gasteiger partial charge in [-0.25, -0.2) is 0 Å². The molecule has 0 aliphatic heterocycles. The van der Waals surface area contributed by atoms with E-state index in [-0.39, 0.29) is 45.4 Å². The van der Waals surface area contributed by atoms with Crippen molar-refractivity contribution in [2.75, 3.05) is 39.6 Å². The highest BCUT2D eigenvalue weighted by molar-refractivity contribution is 5.75. The van der Waals surface area contributed by atoms with Crippen LogP contribution in [-0.4, -0.2) is 81.7 Å². The minimum atomic E-state index is -0.667. The lowest BCUT2D eigenvalue weighted by Crippen LogP contribution is -2.32. The number of phenols is 1. The van der Waals surface area contributed by atoms with Crippen LogP contribution in [0.4, 0.5) is 0 Å². The normalized spacial score (nSPS) is 11.0. The smallest absolute Gasteiger partial charge is 0.150 e. The highest BCUT2D eigenvalue weighted by Gasteiger charge is 2.25. The highest BCUT2D eigenvalue weighted by Crippen LogP contribution is 2.18. The molecule has 0 bridgehead atoms. The van der Waals surface area contributed by atoms with Gasteiger partial charge in [-0.05, 0) is 25.0 Å². The molecule has 1 rings (SSSR count). The minimum absolute atomic E-state index is 0.125. The summed E-state index contributed by atoms with van der Waals surface area (Å²) in [6, 6.07) is 6.19. The van der Waals surface area contributed by atoms with Crippen molar-refractivity contribution in [2.24, 2.45) is 10.8 Å². The van der Waals surface area contributed by atoms with Crippen LogP contribution in [-0.2, 0) is 0 Å². The number of carbonyl (C=O) groups is 1. The number of rotatable bonds is 9. The Morgan fingerprint density at radius 2 is 1.15 bits per heavy atom. The summed E-state index contributed by atoms with van der Waals surface area (Å²) < 4.78 is 0. The van der Waals surface area contributed by atoms with Gasteiger partial charge in [-0.15, -0.1) is 0 Å². The van der Waals surface area contributed by atoms with Gasteiger partial charge in [-0.3, -0.25) is 4.79 Å². The third-order valence-electron chi connectivity index (χ3n) is 4.52. The summed E-state index contributed by atoms with van der Waals surface area (Å²) in [5, 5.41) is 60.7. The van der Waals surface area contributed by atoms with Crippen molar-refractivity contribution in [3.05, 3.63) is 29.8 Å². The topological polar surface area (TPSA) is 159 Å². The zero-order chi connectivity index (χ0) is 21.3. The molecule has 0 unspecified atom stereocenters. The summed E-state index contributed by atoms with van der Waals surface area (Å²) in [4.78, 5) is 10.0. The first-order chi connectivity index (χ1) is 12.8. The number of carbonyl (C=O) groups excluding carboxylic acids is 1. The van der Waals surface area contributed by atoms with Crippen molar-refractivity contribution in [3.63, 3.8) is 0 Å². The van der Waals surface area contributed by atoms with Crippen molar-refractivity contribution in [3.8, 4) is 5.75 Å². The van der Waals surface area contributed by atoms with Crippen LogP contribution < -0.4 is 0 Å². The molecule has 27 heavy (non-hydrogen) atoms. The van der Waals surface area contributed by atoms with Gasteiger partial charge in [0.05, 0.1) is 39.6 Å². The van der Waals surface area contributed by atoms with E-state index in [1.165, 1.54) is 12.1 Å². The maximum absolute atomic E-state index is 10.0. The quantitative estimate of drug-likeness (QED) is 0.288. The monoisotopic (exact) mass is 390 g/mol. The van der Waals surface area contributed by atoms with Crippen LogP contribution in [0, 0.1) is 10.8 Å². The number of aliphatic hydroxyl groups excluding tert-OH is 6. The van der Waals surface area contributed by atoms with E-state index in [0.29, 0.717) is 24.7 Å². The van der Waals surface area contributed by atoms with Gasteiger partial charge in [0.1, 0.15) is 12.0 Å². The fourth-order valence-electron chi connectivity index (χ4n) is 1.57. The fourth-order valence-corrected chi connectivity index (χ4v) is 1.57. The minimum Gasteiger partial charge on any atom is -0.508 e. The second-order valence-electron chi connectivity index (χ2n) is 6.37. The maximum Gasteiger partial charge on any atom is 0.150 e. The van der Waals surface area contributed by atoms with Gasteiger partial charge in [0.25, 0.3) is 0 Å². The van der Waals surface area contributed by atoms with Crippen molar-refractivity contribution < 1.29 is 40.5 Å². The molecule has 0 fully saturated rings. The highest BCUT2D eigenvalue weighted by atomic mass is 16.3. The van der Waals surface area contributed by atoms with Gasteiger partial charge in [0.15, 0.2) is 0 Å². The zero-order valence-electron chi connectivity index (χ0n) is 16.1. The Kier molecular flexibility index (Phi) is 15.9. The third kappa shape index (κ3) is 10.4. The molecule has 0 atom stereocenters. The average molecular weight is 390 g/mol. The Morgan fingerprint density at radius 1 is 0.778 bits per heavy atom. The molecule has 158 valence electrons. The first-order valence-corrected chi connectivity index (χ1v) is 8.71. The van der Waals surface area contributed by atoms with Crippen molar-refractivity contribution in [1.29, 1.82) is 0 Å². The van der Waals surface area contributed by atoms with Crippen LogP contribution in [0.1, 0.15) is 37.0 Å². The number of aldehydes is 1. The Morgan fingerprint density at radius 3 is 1.30 bits per heavy atom. The Labute approximate surface area is 160 Å². The first-order valence-electron chi connectivity index (χ1n) is 8.71. The van der Waals surface area contributed by atoms with Crippen LogP contribution in [0.2, 0.25) is 0 Å². The summed E-state index contributed by atoms with van der Waals surface area (Å²) in [5.74, 6) is 0.125. The average Bonchev–Trinajstić information content (AvgIpc) is 2.73. The van der Waals surface area contributed by atoms with E-state index in [2.05, 4.69) is 0 Å². The van der Waals surface area contributed by atoms with Gasteiger partial charge >= 0.3 is 0 Å². The fraction of sp³-hybridized carbons (Fsp3) is 0.632. The number of hydrogen-bond donors (Lipinski definition) is 7. The maximum atomic E-state index is 10.0.